The number of hydrogen-bond donors (Lipinski definition) is 3. The second-order valence-corrected chi connectivity index (χ2v) is 8.69. The van der Waals surface area contributed by atoms with Crippen LogP contribution in [0.2, 0.25) is 0 Å². The van der Waals surface area contributed by atoms with Gasteiger partial charge >= 0.3 is 0 Å². The maximum absolute atomic E-state index is 12.3. The highest BCUT2D eigenvalue weighted by Crippen LogP contribution is 2.09. The first-order valence-corrected chi connectivity index (χ1v) is 11.6. The maximum Gasteiger partial charge on any atom is 0.240 e. The standard InChI is InChI=1S/C20H37N5O2S.HI/c1-6-25(7-2)16-8-9-18(4)24-20(21-5)22-14-15-23-28(26,27)19-12-10-17(3)11-13-19;/h10-13,18,23H,6-9,14-16H2,1-5H3,(H2,21,22,24);1H. The number of nitrogens with one attached hydrogen (secondary N) is 3. The fourth-order valence-electron chi connectivity index (χ4n) is 2.83. The molecule has 0 aliphatic carbocycles. The van der Waals surface area contributed by atoms with Crippen molar-refractivity contribution in [1.29, 1.82) is 0 Å². The smallest absolute Gasteiger partial charge is 0.240 e. The van der Waals surface area contributed by atoms with Gasteiger partial charge in [-0.3, -0.25) is 4.99 Å². The predicted molar refractivity (Wildman–Crippen MR) is 133 cm³/mol. The topological polar surface area (TPSA) is 85.8 Å². The van der Waals surface area contributed by atoms with Crippen molar-refractivity contribution in [2.75, 3.05) is 39.8 Å². The molecule has 0 spiro atoms. The van der Waals surface area contributed by atoms with Gasteiger partial charge in [0.05, 0.1) is 4.90 Å². The summed E-state index contributed by atoms with van der Waals surface area (Å²) in [7, 11) is -1.77. The second-order valence-electron chi connectivity index (χ2n) is 6.92. The van der Waals surface area contributed by atoms with E-state index >= 15 is 0 Å². The minimum Gasteiger partial charge on any atom is -0.355 e. The van der Waals surface area contributed by atoms with Gasteiger partial charge in [0.25, 0.3) is 0 Å². The molecule has 1 atom stereocenters. The van der Waals surface area contributed by atoms with Crippen LogP contribution in [0.3, 0.4) is 0 Å². The number of halogens is 1. The summed E-state index contributed by atoms with van der Waals surface area (Å²) < 4.78 is 27.1. The third-order valence-corrected chi connectivity index (χ3v) is 6.13. The van der Waals surface area contributed by atoms with E-state index in [-0.39, 0.29) is 35.4 Å². The summed E-state index contributed by atoms with van der Waals surface area (Å²) in [4.78, 5) is 6.91. The molecule has 1 unspecified atom stereocenters. The number of benzene rings is 1. The van der Waals surface area contributed by atoms with Crippen LogP contribution in [0.4, 0.5) is 0 Å². The molecule has 0 aromatic heterocycles. The van der Waals surface area contributed by atoms with E-state index in [1.807, 2.05) is 6.92 Å². The number of aliphatic imine (C=N–C) groups is 1. The third kappa shape index (κ3) is 11.2. The fraction of sp³-hybridized carbons (Fsp3) is 0.650. The Balaban J connectivity index is 0.00000784. The largest absolute Gasteiger partial charge is 0.355 e. The van der Waals surface area contributed by atoms with Crippen molar-refractivity contribution in [2.45, 2.75) is 51.5 Å². The monoisotopic (exact) mass is 539 g/mol. The Kier molecular flexibility index (Phi) is 14.5. The second kappa shape index (κ2) is 15.0. The first-order valence-electron chi connectivity index (χ1n) is 10.1. The predicted octanol–water partition coefficient (Wildman–Crippen LogP) is 2.57. The van der Waals surface area contributed by atoms with Gasteiger partial charge in [0, 0.05) is 26.2 Å². The molecule has 0 aliphatic rings. The van der Waals surface area contributed by atoms with Gasteiger partial charge in [0.2, 0.25) is 10.0 Å². The third-order valence-electron chi connectivity index (χ3n) is 4.65. The molecular formula is C20H38IN5O2S. The zero-order chi connectivity index (χ0) is 21.0. The Hall–Kier alpha value is -0.910. The van der Waals surface area contributed by atoms with Crippen LogP contribution in [0.5, 0.6) is 0 Å². The van der Waals surface area contributed by atoms with E-state index in [2.05, 4.69) is 46.0 Å². The minimum absolute atomic E-state index is 0. The molecule has 7 nitrogen and oxygen atoms in total. The van der Waals surface area contributed by atoms with Crippen molar-refractivity contribution in [3.63, 3.8) is 0 Å². The molecule has 0 heterocycles. The number of nitrogens with zero attached hydrogens (tertiary/aromatic N) is 2. The Morgan fingerprint density at radius 2 is 1.76 bits per heavy atom. The molecule has 0 aliphatic heterocycles. The number of hydrogen-bond acceptors (Lipinski definition) is 4. The molecule has 0 fully saturated rings. The summed E-state index contributed by atoms with van der Waals surface area (Å²) in [5, 5.41) is 6.51. The van der Waals surface area contributed by atoms with Crippen LogP contribution in [0.1, 0.15) is 39.2 Å². The average molecular weight is 540 g/mol. The summed E-state index contributed by atoms with van der Waals surface area (Å²) in [5.41, 5.74) is 1.03. The lowest BCUT2D eigenvalue weighted by Crippen LogP contribution is -2.45. The lowest BCUT2D eigenvalue weighted by Gasteiger charge is -2.21. The first kappa shape index (κ1) is 28.1. The van der Waals surface area contributed by atoms with Crippen LogP contribution in [0.15, 0.2) is 34.2 Å². The molecule has 1 aromatic rings. The van der Waals surface area contributed by atoms with E-state index in [0.29, 0.717) is 18.5 Å². The Morgan fingerprint density at radius 1 is 1.14 bits per heavy atom. The Labute approximate surface area is 194 Å². The molecule has 1 rings (SSSR count). The van der Waals surface area contributed by atoms with Crippen LogP contribution in [-0.4, -0.2) is 65.1 Å². The van der Waals surface area contributed by atoms with Crippen LogP contribution >= 0.6 is 24.0 Å². The quantitative estimate of drug-likeness (QED) is 0.165. The molecule has 168 valence electrons. The van der Waals surface area contributed by atoms with Crippen molar-refractivity contribution in [3.8, 4) is 0 Å². The molecule has 1 aromatic carbocycles. The van der Waals surface area contributed by atoms with E-state index in [1.54, 1.807) is 31.3 Å². The van der Waals surface area contributed by atoms with Gasteiger partial charge in [-0.05, 0) is 58.5 Å². The van der Waals surface area contributed by atoms with Crippen LogP contribution in [-0.2, 0) is 10.0 Å². The van der Waals surface area contributed by atoms with Crippen molar-refractivity contribution in [3.05, 3.63) is 29.8 Å². The van der Waals surface area contributed by atoms with Gasteiger partial charge in [0.15, 0.2) is 5.96 Å². The molecule has 29 heavy (non-hydrogen) atoms. The summed E-state index contributed by atoms with van der Waals surface area (Å²) in [5.74, 6) is 0.685. The number of rotatable bonds is 12. The summed E-state index contributed by atoms with van der Waals surface area (Å²) in [6.45, 7) is 12.4. The van der Waals surface area contributed by atoms with Crippen molar-refractivity contribution >= 4 is 40.0 Å². The van der Waals surface area contributed by atoms with Gasteiger partial charge in [-0.2, -0.15) is 0 Å². The zero-order valence-electron chi connectivity index (χ0n) is 18.4. The molecule has 0 saturated heterocycles. The summed E-state index contributed by atoms with van der Waals surface area (Å²) in [6, 6.07) is 7.11. The molecular weight excluding hydrogens is 501 g/mol. The van der Waals surface area contributed by atoms with E-state index in [0.717, 1.165) is 38.0 Å². The summed E-state index contributed by atoms with van der Waals surface area (Å²) >= 11 is 0. The number of sulfonamides is 1. The highest BCUT2D eigenvalue weighted by atomic mass is 127. The average Bonchev–Trinajstić information content (AvgIpc) is 2.68. The highest BCUT2D eigenvalue weighted by Gasteiger charge is 2.13. The number of guanidine groups is 1. The SMILES string of the molecule is CCN(CC)CCCC(C)NC(=NC)NCCNS(=O)(=O)c1ccc(C)cc1.I. The minimum atomic E-state index is -3.49. The van der Waals surface area contributed by atoms with E-state index in [9.17, 15) is 8.42 Å². The van der Waals surface area contributed by atoms with Crippen molar-refractivity contribution in [1.82, 2.24) is 20.3 Å². The van der Waals surface area contributed by atoms with Crippen molar-refractivity contribution in [2.24, 2.45) is 4.99 Å². The molecule has 0 radical (unpaired) electrons. The van der Waals surface area contributed by atoms with Gasteiger partial charge in [-0.1, -0.05) is 31.5 Å². The van der Waals surface area contributed by atoms with E-state index in [1.165, 1.54) is 0 Å². The molecule has 0 saturated carbocycles. The Bertz CT molecular complexity index is 691. The normalized spacial score (nSPS) is 13.1. The van der Waals surface area contributed by atoms with Gasteiger partial charge in [-0.15, -0.1) is 24.0 Å². The molecule has 3 N–H and O–H groups in total. The van der Waals surface area contributed by atoms with Crippen LogP contribution in [0, 0.1) is 6.92 Å². The van der Waals surface area contributed by atoms with E-state index in [4.69, 9.17) is 0 Å². The van der Waals surface area contributed by atoms with Crippen molar-refractivity contribution < 1.29 is 8.42 Å². The van der Waals surface area contributed by atoms with Gasteiger partial charge in [-0.25, -0.2) is 13.1 Å². The zero-order valence-corrected chi connectivity index (χ0v) is 21.5. The molecule has 9 heteroatoms. The molecule has 0 bridgehead atoms. The van der Waals surface area contributed by atoms with Crippen LogP contribution < -0.4 is 15.4 Å². The van der Waals surface area contributed by atoms with E-state index < -0.39 is 10.0 Å². The lowest BCUT2D eigenvalue weighted by atomic mass is 10.2. The fourth-order valence-corrected chi connectivity index (χ4v) is 3.86. The number of aryl methyl sites for hydroxylation is 1. The highest BCUT2D eigenvalue weighted by molar-refractivity contribution is 14.0. The molecule has 0 amide bonds. The van der Waals surface area contributed by atoms with Gasteiger partial charge in [0.1, 0.15) is 0 Å². The maximum atomic E-state index is 12.3. The summed E-state index contributed by atoms with van der Waals surface area (Å²) in [6.07, 6.45) is 2.18. The van der Waals surface area contributed by atoms with Gasteiger partial charge < -0.3 is 15.5 Å². The van der Waals surface area contributed by atoms with Crippen LogP contribution in [0.25, 0.3) is 0 Å². The Morgan fingerprint density at radius 3 is 2.31 bits per heavy atom. The lowest BCUT2D eigenvalue weighted by molar-refractivity contribution is 0.292. The first-order chi connectivity index (χ1) is 13.3.